The first-order valence-corrected chi connectivity index (χ1v) is 12.2. The van der Waals surface area contributed by atoms with Crippen LogP contribution in [-0.2, 0) is 6.61 Å². The molecule has 4 N–H and O–H groups in total. The predicted octanol–water partition coefficient (Wildman–Crippen LogP) is 4.13. The highest BCUT2D eigenvalue weighted by Gasteiger charge is 2.33. The van der Waals surface area contributed by atoms with E-state index in [9.17, 15) is 18.7 Å². The molecular formula is C28H25F2N5O3. The largest absolute Gasteiger partial charge is 0.488 e. The quantitative estimate of drug-likeness (QED) is 0.379. The molecule has 1 aromatic heterocycles. The molecule has 2 amide bonds. The molecule has 2 aliphatic rings. The van der Waals surface area contributed by atoms with Crippen LogP contribution in [0.2, 0.25) is 0 Å². The lowest BCUT2D eigenvalue weighted by Gasteiger charge is -2.19. The van der Waals surface area contributed by atoms with Crippen molar-refractivity contribution in [3.8, 4) is 5.75 Å². The van der Waals surface area contributed by atoms with Gasteiger partial charge in [0.25, 0.3) is 0 Å². The zero-order valence-electron chi connectivity index (χ0n) is 20.5. The van der Waals surface area contributed by atoms with Gasteiger partial charge in [0.1, 0.15) is 24.0 Å². The maximum Gasteiger partial charge on any atom is 0.318 e. The summed E-state index contributed by atoms with van der Waals surface area (Å²) in [4.78, 5) is 18.3. The Hall–Kier alpha value is -4.28. The molecule has 0 saturated carbocycles. The highest BCUT2D eigenvalue weighted by atomic mass is 19.1. The Morgan fingerprint density at radius 1 is 1.16 bits per heavy atom. The molecule has 2 atom stereocenters. The molecule has 38 heavy (non-hydrogen) atoms. The maximum absolute atomic E-state index is 14.8. The summed E-state index contributed by atoms with van der Waals surface area (Å²) in [5, 5.41) is 13.2. The number of likely N-dealkylation sites (tertiary alicyclic amines) is 1. The number of aliphatic hydroxyl groups excluding tert-OH is 1. The summed E-state index contributed by atoms with van der Waals surface area (Å²) < 4.78 is 36.4. The van der Waals surface area contributed by atoms with E-state index < -0.39 is 23.8 Å². The van der Waals surface area contributed by atoms with Crippen molar-refractivity contribution < 1.29 is 23.4 Å². The average Bonchev–Trinajstić information content (AvgIpc) is 3.33. The van der Waals surface area contributed by atoms with E-state index in [4.69, 9.17) is 10.5 Å². The number of carbonyl (C=O) groups excluding carboxylic acids is 1. The number of likely N-dealkylation sites (N-methyl/N-ethyl adjacent to an activating group) is 1. The van der Waals surface area contributed by atoms with Crippen molar-refractivity contribution in [2.75, 3.05) is 25.5 Å². The van der Waals surface area contributed by atoms with Crippen LogP contribution in [0.5, 0.6) is 5.75 Å². The lowest BCUT2D eigenvalue weighted by molar-refractivity contribution is 0.148. The molecule has 3 heterocycles. The number of aliphatic hydroxyl groups is 1. The van der Waals surface area contributed by atoms with Gasteiger partial charge in [0.15, 0.2) is 0 Å². The van der Waals surface area contributed by atoms with E-state index in [1.54, 1.807) is 16.7 Å². The molecule has 1 saturated heterocycles. The number of nitrogens with one attached hydrogen (secondary N) is 1. The van der Waals surface area contributed by atoms with Crippen LogP contribution in [0.25, 0.3) is 22.7 Å². The van der Waals surface area contributed by atoms with Crippen LogP contribution in [0.1, 0.15) is 28.3 Å². The van der Waals surface area contributed by atoms with Crippen LogP contribution in [0.15, 0.2) is 54.6 Å². The van der Waals surface area contributed by atoms with E-state index in [2.05, 4.69) is 10.3 Å². The summed E-state index contributed by atoms with van der Waals surface area (Å²) in [5.41, 5.74) is 9.78. The lowest BCUT2D eigenvalue weighted by Crippen LogP contribution is -2.27. The van der Waals surface area contributed by atoms with Crippen LogP contribution in [0, 0.1) is 11.6 Å². The van der Waals surface area contributed by atoms with Gasteiger partial charge in [0, 0.05) is 30.3 Å². The van der Waals surface area contributed by atoms with Gasteiger partial charge in [0.2, 0.25) is 5.95 Å². The molecule has 1 unspecified atom stereocenters. The van der Waals surface area contributed by atoms with E-state index in [1.165, 1.54) is 18.2 Å². The number of halogens is 2. The number of fused-ring (bicyclic) bond motifs is 3. The van der Waals surface area contributed by atoms with Gasteiger partial charge in [-0.3, -0.25) is 5.32 Å². The Labute approximate surface area is 216 Å². The third-order valence-electron chi connectivity index (χ3n) is 7.05. The van der Waals surface area contributed by atoms with Crippen molar-refractivity contribution in [1.29, 1.82) is 0 Å². The highest BCUT2D eigenvalue weighted by Crippen LogP contribution is 2.39. The Bertz CT molecular complexity index is 1620. The molecule has 0 spiro atoms. The van der Waals surface area contributed by atoms with Crippen LogP contribution < -0.4 is 15.8 Å². The molecule has 8 nitrogen and oxygen atoms in total. The van der Waals surface area contributed by atoms with Crippen molar-refractivity contribution in [3.63, 3.8) is 0 Å². The van der Waals surface area contributed by atoms with Crippen LogP contribution in [0.4, 0.5) is 19.5 Å². The molecule has 6 rings (SSSR count). The number of nitrogens with two attached hydrogens (primary N) is 1. The van der Waals surface area contributed by atoms with Crippen molar-refractivity contribution in [3.05, 3.63) is 88.5 Å². The third kappa shape index (κ3) is 4.17. The van der Waals surface area contributed by atoms with Gasteiger partial charge in [-0.2, -0.15) is 0 Å². The van der Waals surface area contributed by atoms with Gasteiger partial charge >= 0.3 is 6.03 Å². The van der Waals surface area contributed by atoms with Gasteiger partial charge in [-0.25, -0.2) is 18.6 Å². The summed E-state index contributed by atoms with van der Waals surface area (Å²) in [6.45, 7) is 1.03. The van der Waals surface area contributed by atoms with Gasteiger partial charge < -0.3 is 25.0 Å². The van der Waals surface area contributed by atoms with Crippen molar-refractivity contribution in [2.45, 2.75) is 18.8 Å². The Morgan fingerprint density at radius 2 is 2.00 bits per heavy atom. The first-order chi connectivity index (χ1) is 18.3. The number of ether oxygens (including phenoxy) is 1. The molecular weight excluding hydrogens is 492 g/mol. The topological polar surface area (TPSA) is 106 Å². The van der Waals surface area contributed by atoms with Crippen LogP contribution in [0.3, 0.4) is 0 Å². The molecule has 0 aliphatic carbocycles. The second-order valence-corrected chi connectivity index (χ2v) is 9.65. The summed E-state index contributed by atoms with van der Waals surface area (Å²) in [7, 11) is 1.91. The lowest BCUT2D eigenvalue weighted by atomic mass is 9.92. The summed E-state index contributed by atoms with van der Waals surface area (Å²) in [5.74, 6) is -0.286. The first-order valence-electron chi connectivity index (χ1n) is 12.2. The number of imidazole rings is 1. The molecule has 2 aliphatic heterocycles. The maximum atomic E-state index is 14.8. The molecule has 0 radical (unpaired) electrons. The number of β-amino-alcohol motifs (C(OH)–C–C–N with tert-alkyl or cyclic N) is 1. The number of benzene rings is 3. The molecule has 3 aromatic carbocycles. The summed E-state index contributed by atoms with van der Waals surface area (Å²) >= 11 is 0. The molecule has 194 valence electrons. The van der Waals surface area contributed by atoms with Gasteiger partial charge in [0.05, 0.1) is 23.2 Å². The zero-order chi connectivity index (χ0) is 26.6. The standard InChI is InChI=1S/C28H25F2N5O3/c1-34-12-24(25(36)13-34)35-23-8-5-15(10-22(23)32-28(35)33-27(31)37)9-19-17-3-2-4-21(30)20(17)14-38-26-11-16(29)6-7-18(19)26/h2-11,24-25,36H,12-14H2,1H3,(H3,31,32,33,37)/b19-9+/t24-,25?/m0/s1. The number of rotatable bonds is 3. The van der Waals surface area contributed by atoms with Gasteiger partial charge in [-0.05, 0) is 60.2 Å². The molecule has 0 bridgehead atoms. The highest BCUT2D eigenvalue weighted by molar-refractivity contribution is 5.96. The Morgan fingerprint density at radius 3 is 2.76 bits per heavy atom. The number of hydrogen-bond acceptors (Lipinski definition) is 5. The van der Waals surface area contributed by atoms with E-state index >= 15 is 0 Å². The predicted molar refractivity (Wildman–Crippen MR) is 140 cm³/mol. The number of anilines is 1. The number of carbonyl (C=O) groups is 1. The minimum atomic E-state index is -0.759. The first kappa shape index (κ1) is 24.1. The fourth-order valence-electron chi connectivity index (χ4n) is 5.36. The van der Waals surface area contributed by atoms with E-state index in [1.807, 2.05) is 42.3 Å². The smallest absolute Gasteiger partial charge is 0.318 e. The number of urea groups is 1. The Kier molecular flexibility index (Phi) is 5.85. The number of primary amides is 1. The van der Waals surface area contributed by atoms with E-state index in [-0.39, 0.29) is 18.6 Å². The van der Waals surface area contributed by atoms with Gasteiger partial charge in [-0.15, -0.1) is 0 Å². The van der Waals surface area contributed by atoms with Crippen LogP contribution >= 0.6 is 0 Å². The fourth-order valence-corrected chi connectivity index (χ4v) is 5.36. The second-order valence-electron chi connectivity index (χ2n) is 9.65. The minimum Gasteiger partial charge on any atom is -0.488 e. The minimum absolute atomic E-state index is 0.0282. The molecule has 4 aromatic rings. The SMILES string of the molecule is CN1CC(O)[C@@H](n2c(NC(N)=O)nc3cc(/C=C4/c5ccc(F)cc5OCc5c(F)cccc54)ccc32)C1. The van der Waals surface area contributed by atoms with E-state index in [0.29, 0.717) is 52.1 Å². The average molecular weight is 518 g/mol. The number of amides is 2. The molecule has 1 fully saturated rings. The fraction of sp³-hybridized carbons (Fsp3) is 0.214. The molecule has 10 heteroatoms. The van der Waals surface area contributed by atoms with Crippen molar-refractivity contribution >= 4 is 34.7 Å². The summed E-state index contributed by atoms with van der Waals surface area (Å²) in [6.07, 6.45) is 1.23. The number of aromatic nitrogens is 2. The summed E-state index contributed by atoms with van der Waals surface area (Å²) in [6, 6.07) is 13.6. The van der Waals surface area contributed by atoms with Crippen LogP contribution in [-0.4, -0.2) is 51.8 Å². The Balaban J connectivity index is 1.51. The number of nitrogens with zero attached hydrogens (tertiary/aromatic N) is 3. The normalized spacial score (nSPS) is 20.2. The van der Waals surface area contributed by atoms with Crippen molar-refractivity contribution in [2.24, 2.45) is 5.73 Å². The zero-order valence-corrected chi connectivity index (χ0v) is 20.5. The monoisotopic (exact) mass is 517 g/mol. The third-order valence-corrected chi connectivity index (χ3v) is 7.05. The number of hydrogen-bond donors (Lipinski definition) is 3. The van der Waals surface area contributed by atoms with Gasteiger partial charge in [-0.1, -0.05) is 18.2 Å². The van der Waals surface area contributed by atoms with Crippen molar-refractivity contribution in [1.82, 2.24) is 14.5 Å². The second kappa shape index (κ2) is 9.23. The van der Waals surface area contributed by atoms with E-state index in [0.717, 1.165) is 5.56 Å².